The van der Waals surface area contributed by atoms with Crippen LogP contribution in [-0.2, 0) is 22.3 Å². The number of hydrogen-bond donors (Lipinski definition) is 2. The van der Waals surface area contributed by atoms with Gasteiger partial charge in [0.15, 0.2) is 11.5 Å². The molecule has 0 saturated heterocycles. The molecule has 0 aliphatic heterocycles. The van der Waals surface area contributed by atoms with Gasteiger partial charge in [-0.05, 0) is 37.5 Å². The predicted octanol–water partition coefficient (Wildman–Crippen LogP) is 5.85. The Hall–Kier alpha value is -2.58. The normalized spacial score (nSPS) is 12.5. The van der Waals surface area contributed by atoms with E-state index in [9.17, 15) is 19.8 Å². The minimum atomic E-state index is -0.399. The molecule has 2 N–H and O–H groups in total. The highest BCUT2D eigenvalue weighted by Crippen LogP contribution is 2.16. The van der Waals surface area contributed by atoms with E-state index < -0.39 is 5.43 Å². The van der Waals surface area contributed by atoms with Crippen LogP contribution in [0.4, 0.5) is 0 Å². The van der Waals surface area contributed by atoms with Gasteiger partial charge in [0.2, 0.25) is 10.9 Å². The molecule has 0 bridgehead atoms. The number of unbranched alkanes of at least 4 members (excludes halogenated alkanes) is 2. The second kappa shape index (κ2) is 19.5. The Morgan fingerprint density at radius 1 is 0.757 bits per heavy atom. The van der Waals surface area contributed by atoms with Crippen molar-refractivity contribution in [1.29, 1.82) is 0 Å². The Labute approximate surface area is 220 Å². The molecule has 2 atom stereocenters. The van der Waals surface area contributed by atoms with Crippen molar-refractivity contribution >= 4 is 0 Å². The molecule has 210 valence electrons. The van der Waals surface area contributed by atoms with E-state index in [2.05, 4.69) is 13.8 Å². The van der Waals surface area contributed by atoms with Gasteiger partial charge in [-0.25, -0.2) is 0 Å². The second-order valence-corrected chi connectivity index (χ2v) is 9.40. The highest BCUT2D eigenvalue weighted by Gasteiger charge is 2.10. The lowest BCUT2D eigenvalue weighted by atomic mass is 9.97. The third-order valence-corrected chi connectivity index (χ3v) is 5.95. The zero-order valence-corrected chi connectivity index (χ0v) is 23.0. The molecule has 2 aromatic rings. The molecular weight excluding hydrogens is 476 g/mol. The van der Waals surface area contributed by atoms with Gasteiger partial charge in [-0.1, -0.05) is 53.4 Å². The van der Waals surface area contributed by atoms with Gasteiger partial charge in [0, 0.05) is 44.5 Å². The minimum Gasteiger partial charge on any atom is -0.502 e. The molecule has 0 saturated carbocycles. The van der Waals surface area contributed by atoms with E-state index in [1.165, 1.54) is 12.3 Å². The SMILES string of the molecule is CC.CC(CCCCOCCCOCCCCC(C)Cc1cocc(O)c1=O)Cc1cc(=O)c(O)co1. The number of hydrogen-bond acceptors (Lipinski definition) is 8. The smallest absolute Gasteiger partial charge is 0.229 e. The van der Waals surface area contributed by atoms with E-state index in [1.807, 2.05) is 13.8 Å². The lowest BCUT2D eigenvalue weighted by Gasteiger charge is -2.11. The van der Waals surface area contributed by atoms with Gasteiger partial charge < -0.3 is 28.5 Å². The maximum atomic E-state index is 11.8. The van der Waals surface area contributed by atoms with Crippen LogP contribution in [0.5, 0.6) is 11.5 Å². The highest BCUT2D eigenvalue weighted by molar-refractivity contribution is 5.20. The van der Waals surface area contributed by atoms with Crippen LogP contribution in [0.3, 0.4) is 0 Å². The van der Waals surface area contributed by atoms with Crippen LogP contribution in [0.1, 0.15) is 84.0 Å². The topological polar surface area (TPSA) is 119 Å². The average molecular weight is 523 g/mol. The number of rotatable bonds is 18. The first-order chi connectivity index (χ1) is 17.9. The Balaban J connectivity index is 0.00000334. The average Bonchev–Trinajstić information content (AvgIpc) is 2.88. The first kappa shape index (κ1) is 32.4. The van der Waals surface area contributed by atoms with Crippen LogP contribution in [-0.4, -0.2) is 36.6 Å². The molecule has 0 fully saturated rings. The van der Waals surface area contributed by atoms with Crippen molar-refractivity contribution < 1.29 is 28.5 Å². The monoisotopic (exact) mass is 522 g/mol. The fourth-order valence-electron chi connectivity index (χ4n) is 3.93. The maximum Gasteiger partial charge on any atom is 0.229 e. The summed E-state index contributed by atoms with van der Waals surface area (Å²) in [7, 11) is 0. The van der Waals surface area contributed by atoms with Crippen LogP contribution in [0.25, 0.3) is 0 Å². The van der Waals surface area contributed by atoms with Gasteiger partial charge in [0.25, 0.3) is 0 Å². The van der Waals surface area contributed by atoms with Crippen LogP contribution in [0.15, 0.2) is 43.3 Å². The van der Waals surface area contributed by atoms with Gasteiger partial charge >= 0.3 is 0 Å². The van der Waals surface area contributed by atoms with E-state index in [-0.39, 0.29) is 16.9 Å². The molecule has 2 aromatic heterocycles. The quantitative estimate of drug-likeness (QED) is 0.234. The third kappa shape index (κ3) is 14.1. The van der Waals surface area contributed by atoms with Gasteiger partial charge in [-0.15, -0.1) is 0 Å². The third-order valence-electron chi connectivity index (χ3n) is 5.95. The summed E-state index contributed by atoms with van der Waals surface area (Å²) in [5, 5.41) is 18.7. The summed E-state index contributed by atoms with van der Waals surface area (Å²) in [6.45, 7) is 11.1. The van der Waals surface area contributed by atoms with E-state index in [0.717, 1.165) is 70.7 Å². The zero-order chi connectivity index (χ0) is 27.5. The molecule has 0 radical (unpaired) electrons. The molecule has 2 heterocycles. The molecule has 37 heavy (non-hydrogen) atoms. The molecule has 0 amide bonds. The van der Waals surface area contributed by atoms with Crippen molar-refractivity contribution in [3.05, 3.63) is 56.6 Å². The summed E-state index contributed by atoms with van der Waals surface area (Å²) in [5.41, 5.74) is -0.221. The minimum absolute atomic E-state index is 0.332. The Morgan fingerprint density at radius 2 is 1.32 bits per heavy atom. The van der Waals surface area contributed by atoms with Crippen molar-refractivity contribution in [2.24, 2.45) is 11.8 Å². The summed E-state index contributed by atoms with van der Waals surface area (Å²) in [5.74, 6) is 0.652. The van der Waals surface area contributed by atoms with Crippen molar-refractivity contribution in [2.45, 2.75) is 85.5 Å². The largest absolute Gasteiger partial charge is 0.502 e. The van der Waals surface area contributed by atoms with Gasteiger partial charge in [0.1, 0.15) is 18.3 Å². The van der Waals surface area contributed by atoms with E-state index in [0.29, 0.717) is 49.2 Å². The van der Waals surface area contributed by atoms with Gasteiger partial charge in [-0.3, -0.25) is 9.59 Å². The Kier molecular flexibility index (Phi) is 17.1. The number of aromatic hydroxyl groups is 2. The van der Waals surface area contributed by atoms with Crippen LogP contribution in [0.2, 0.25) is 0 Å². The molecule has 0 aliphatic carbocycles. The lowest BCUT2D eigenvalue weighted by Crippen LogP contribution is -2.11. The standard InChI is InChI=1S/C27H40O8.C2H6/c1-20(14-22-17-34-18-26(30)27(22)31)8-3-5-10-32-12-7-13-33-11-6-4-9-21(2)15-23-16-24(28)25(29)19-35-23;1-2/h16-21,29-30H,3-15H2,1-2H3;1-2H3. The van der Waals surface area contributed by atoms with Crippen molar-refractivity contribution in [3.63, 3.8) is 0 Å². The molecule has 0 spiro atoms. The fourth-order valence-corrected chi connectivity index (χ4v) is 3.93. The summed E-state index contributed by atoms with van der Waals surface area (Å²) in [6.07, 6.45) is 11.8. The van der Waals surface area contributed by atoms with Crippen molar-refractivity contribution in [3.8, 4) is 11.5 Å². The van der Waals surface area contributed by atoms with Crippen molar-refractivity contribution in [1.82, 2.24) is 0 Å². The fraction of sp³-hybridized carbons (Fsp3) is 0.655. The van der Waals surface area contributed by atoms with E-state index >= 15 is 0 Å². The van der Waals surface area contributed by atoms with Crippen LogP contribution >= 0.6 is 0 Å². The summed E-state index contributed by atoms with van der Waals surface area (Å²) >= 11 is 0. The van der Waals surface area contributed by atoms with Crippen LogP contribution in [0, 0.1) is 11.8 Å². The van der Waals surface area contributed by atoms with Crippen molar-refractivity contribution in [2.75, 3.05) is 26.4 Å². The summed E-state index contributed by atoms with van der Waals surface area (Å²) in [4.78, 5) is 23.3. The Morgan fingerprint density at radius 3 is 1.92 bits per heavy atom. The zero-order valence-electron chi connectivity index (χ0n) is 23.0. The molecule has 0 aromatic carbocycles. The molecule has 8 nitrogen and oxygen atoms in total. The summed E-state index contributed by atoms with van der Waals surface area (Å²) in [6, 6.07) is 1.36. The number of ether oxygens (including phenoxy) is 2. The second-order valence-electron chi connectivity index (χ2n) is 9.40. The highest BCUT2D eigenvalue weighted by atomic mass is 16.5. The maximum absolute atomic E-state index is 11.8. The molecule has 2 rings (SSSR count). The van der Waals surface area contributed by atoms with Gasteiger partial charge in [-0.2, -0.15) is 0 Å². The lowest BCUT2D eigenvalue weighted by molar-refractivity contribution is 0.0789. The Bertz CT molecular complexity index is 965. The molecule has 2 unspecified atom stereocenters. The molecule has 8 heteroatoms. The molecule has 0 aliphatic rings. The summed E-state index contributed by atoms with van der Waals surface area (Å²) < 4.78 is 21.6. The van der Waals surface area contributed by atoms with Gasteiger partial charge in [0.05, 0.1) is 6.26 Å². The predicted molar refractivity (Wildman–Crippen MR) is 144 cm³/mol. The van der Waals surface area contributed by atoms with E-state index in [4.69, 9.17) is 18.3 Å². The van der Waals surface area contributed by atoms with Crippen LogP contribution < -0.4 is 10.9 Å². The first-order valence-corrected chi connectivity index (χ1v) is 13.6. The first-order valence-electron chi connectivity index (χ1n) is 13.6. The van der Waals surface area contributed by atoms with E-state index in [1.54, 1.807) is 0 Å². The molecular formula is C29H46O8.